The minimum Gasteiger partial charge on any atom is -0.322 e. The van der Waals surface area contributed by atoms with Crippen molar-refractivity contribution in [2.24, 2.45) is 12.0 Å². The van der Waals surface area contributed by atoms with Crippen molar-refractivity contribution in [3.63, 3.8) is 0 Å². The molecule has 2 aromatic carbocycles. The zero-order valence-corrected chi connectivity index (χ0v) is 20.9. The van der Waals surface area contributed by atoms with Gasteiger partial charge < -0.3 is 5.32 Å². The highest BCUT2D eigenvalue weighted by atomic mass is 35.5. The van der Waals surface area contributed by atoms with Crippen molar-refractivity contribution in [1.82, 2.24) is 14.3 Å². The number of nitrogens with one attached hydrogen (secondary N) is 1. The van der Waals surface area contributed by atoms with Gasteiger partial charge in [0.05, 0.1) is 28.0 Å². The normalized spacial score (nSPS) is 15.7. The number of anilines is 1. The molecule has 1 N–H and O–H groups in total. The van der Waals surface area contributed by atoms with Gasteiger partial charge in [0.15, 0.2) is 4.80 Å². The molecule has 35 heavy (non-hydrogen) atoms. The van der Waals surface area contributed by atoms with E-state index in [2.05, 4.69) is 15.4 Å². The van der Waals surface area contributed by atoms with E-state index in [1.807, 2.05) is 62.5 Å². The van der Waals surface area contributed by atoms with Crippen molar-refractivity contribution in [3.8, 4) is 0 Å². The van der Waals surface area contributed by atoms with Gasteiger partial charge in [-0.3, -0.25) is 18.8 Å². The van der Waals surface area contributed by atoms with Crippen LogP contribution >= 0.6 is 22.9 Å². The second-order valence-corrected chi connectivity index (χ2v) is 9.71. The number of halogens is 1. The van der Waals surface area contributed by atoms with E-state index in [0.717, 1.165) is 16.8 Å². The quantitative estimate of drug-likeness (QED) is 0.462. The topological polar surface area (TPSA) is 81.3 Å². The summed E-state index contributed by atoms with van der Waals surface area (Å²) in [7, 11) is 1.86. The summed E-state index contributed by atoms with van der Waals surface area (Å²) in [5.41, 5.74) is 4.00. The fourth-order valence-electron chi connectivity index (χ4n) is 4.09. The molecular formula is C26H22ClN5O2S. The molecule has 0 aliphatic carbocycles. The van der Waals surface area contributed by atoms with E-state index in [4.69, 9.17) is 11.6 Å². The third kappa shape index (κ3) is 4.26. The molecule has 5 rings (SSSR count). The largest absolute Gasteiger partial charge is 0.322 e. The van der Waals surface area contributed by atoms with Crippen LogP contribution in [0.25, 0.3) is 6.08 Å². The summed E-state index contributed by atoms with van der Waals surface area (Å²) >= 11 is 7.44. The number of rotatable bonds is 4. The summed E-state index contributed by atoms with van der Waals surface area (Å²) in [5, 5.41) is 7.79. The average Bonchev–Trinajstić information content (AvgIpc) is 3.32. The Kier molecular flexibility index (Phi) is 6.00. The van der Waals surface area contributed by atoms with Crippen molar-refractivity contribution < 1.29 is 4.79 Å². The second kappa shape index (κ2) is 9.13. The summed E-state index contributed by atoms with van der Waals surface area (Å²) in [4.78, 5) is 32.4. The number of nitrogens with zero attached hydrogens (tertiary/aromatic N) is 4. The lowest BCUT2D eigenvalue weighted by Gasteiger charge is -2.25. The molecule has 1 atom stereocenters. The van der Waals surface area contributed by atoms with Gasteiger partial charge in [0.1, 0.15) is 0 Å². The molecule has 1 aliphatic heterocycles. The van der Waals surface area contributed by atoms with Crippen LogP contribution in [0.15, 0.2) is 81.9 Å². The molecule has 0 bridgehead atoms. The fourth-order valence-corrected chi connectivity index (χ4v) is 5.25. The van der Waals surface area contributed by atoms with Crippen LogP contribution in [-0.4, -0.2) is 20.3 Å². The number of para-hydroxylation sites is 1. The number of hydrogen-bond acceptors (Lipinski definition) is 5. The number of carbonyl (C=O) groups excluding carboxylic acids is 1. The molecule has 176 valence electrons. The van der Waals surface area contributed by atoms with Crippen LogP contribution in [0.4, 0.5) is 5.69 Å². The Hall–Kier alpha value is -3.75. The number of benzene rings is 2. The highest BCUT2D eigenvalue weighted by molar-refractivity contribution is 7.07. The minimum atomic E-state index is -0.649. The highest BCUT2D eigenvalue weighted by Crippen LogP contribution is 2.31. The molecule has 0 spiro atoms. The Labute approximate surface area is 210 Å². The first kappa shape index (κ1) is 23.0. The van der Waals surface area contributed by atoms with Crippen molar-refractivity contribution in [1.29, 1.82) is 0 Å². The third-order valence-electron chi connectivity index (χ3n) is 6.04. The Morgan fingerprint density at radius 2 is 1.83 bits per heavy atom. The maximum absolute atomic E-state index is 13.7. The number of aryl methyl sites for hydroxylation is 1. The van der Waals surface area contributed by atoms with Crippen LogP contribution in [-0.2, 0) is 11.8 Å². The Balaban J connectivity index is 1.69. The van der Waals surface area contributed by atoms with Crippen molar-refractivity contribution >= 4 is 40.6 Å². The molecule has 1 amide bonds. The van der Waals surface area contributed by atoms with Gasteiger partial charge >= 0.3 is 0 Å². The molecule has 7 nitrogen and oxygen atoms in total. The first-order chi connectivity index (χ1) is 16.8. The van der Waals surface area contributed by atoms with E-state index in [-0.39, 0.29) is 11.5 Å². The molecule has 0 saturated heterocycles. The van der Waals surface area contributed by atoms with E-state index in [1.165, 1.54) is 11.3 Å². The molecule has 2 aromatic heterocycles. The molecule has 0 radical (unpaired) electrons. The summed E-state index contributed by atoms with van der Waals surface area (Å²) in [6, 6.07) is 15.8. The smallest absolute Gasteiger partial charge is 0.271 e. The van der Waals surface area contributed by atoms with E-state index >= 15 is 0 Å². The van der Waals surface area contributed by atoms with Crippen LogP contribution < -0.4 is 20.2 Å². The molecule has 4 aromatic rings. The standard InChI is InChI=1S/C26H22ClN5O2S/c1-15-22(24(33)30-20-7-5-4-6-8-20)23(17-9-11-19(27)12-10-17)32-25(34)21(35-26(32)29-15)13-18-14-28-31(3)16(18)2/h4-14,23H,1-3H3,(H,30,33)/t23-/m1/s1. The van der Waals surface area contributed by atoms with Gasteiger partial charge in [0, 0.05) is 29.0 Å². The summed E-state index contributed by atoms with van der Waals surface area (Å²) in [6.45, 7) is 3.74. The van der Waals surface area contributed by atoms with Crippen LogP contribution in [0.1, 0.15) is 29.8 Å². The molecule has 0 fully saturated rings. The number of carbonyl (C=O) groups is 1. The predicted molar refractivity (Wildman–Crippen MR) is 138 cm³/mol. The third-order valence-corrected chi connectivity index (χ3v) is 7.28. The van der Waals surface area contributed by atoms with Gasteiger partial charge in [0.25, 0.3) is 11.5 Å². The van der Waals surface area contributed by atoms with E-state index in [1.54, 1.807) is 34.5 Å². The first-order valence-electron chi connectivity index (χ1n) is 11.0. The highest BCUT2D eigenvalue weighted by Gasteiger charge is 2.32. The maximum Gasteiger partial charge on any atom is 0.271 e. The average molecular weight is 504 g/mol. The maximum atomic E-state index is 13.7. The zero-order valence-electron chi connectivity index (χ0n) is 19.3. The number of allylic oxidation sites excluding steroid dienone is 1. The lowest BCUT2D eigenvalue weighted by molar-refractivity contribution is -0.113. The van der Waals surface area contributed by atoms with E-state index in [0.29, 0.717) is 31.3 Å². The van der Waals surface area contributed by atoms with Crippen molar-refractivity contribution in [3.05, 3.63) is 114 Å². The Morgan fingerprint density at radius 1 is 1.11 bits per heavy atom. The van der Waals surface area contributed by atoms with Gasteiger partial charge in [0.2, 0.25) is 0 Å². The van der Waals surface area contributed by atoms with E-state index in [9.17, 15) is 9.59 Å². The molecule has 3 heterocycles. The minimum absolute atomic E-state index is 0.213. The summed E-state index contributed by atoms with van der Waals surface area (Å²) in [5.74, 6) is -0.310. The van der Waals surface area contributed by atoms with Gasteiger partial charge in [-0.25, -0.2) is 4.99 Å². The molecule has 0 unspecified atom stereocenters. The van der Waals surface area contributed by atoms with Crippen LogP contribution in [0.5, 0.6) is 0 Å². The Bertz CT molecular complexity index is 1650. The molecule has 0 saturated carbocycles. The molecular weight excluding hydrogens is 482 g/mol. The zero-order chi connectivity index (χ0) is 24.7. The van der Waals surface area contributed by atoms with Crippen molar-refractivity contribution in [2.45, 2.75) is 19.9 Å². The first-order valence-corrected chi connectivity index (χ1v) is 12.2. The van der Waals surface area contributed by atoms with Gasteiger partial charge in [-0.05, 0) is 49.8 Å². The van der Waals surface area contributed by atoms with E-state index < -0.39 is 6.04 Å². The van der Waals surface area contributed by atoms with Crippen molar-refractivity contribution in [2.75, 3.05) is 5.32 Å². The number of hydrogen-bond donors (Lipinski definition) is 1. The van der Waals surface area contributed by atoms with Gasteiger partial charge in [-0.2, -0.15) is 5.10 Å². The lowest BCUT2D eigenvalue weighted by Crippen LogP contribution is -2.40. The monoisotopic (exact) mass is 503 g/mol. The van der Waals surface area contributed by atoms with Crippen LogP contribution in [0.3, 0.4) is 0 Å². The van der Waals surface area contributed by atoms with Crippen LogP contribution in [0.2, 0.25) is 5.02 Å². The lowest BCUT2D eigenvalue weighted by atomic mass is 9.95. The van der Waals surface area contributed by atoms with Gasteiger partial charge in [-0.15, -0.1) is 0 Å². The predicted octanol–water partition coefficient (Wildman–Crippen LogP) is 3.57. The van der Waals surface area contributed by atoms with Gasteiger partial charge in [-0.1, -0.05) is 53.3 Å². The number of thiazole rings is 1. The van der Waals surface area contributed by atoms with Crippen LogP contribution in [0, 0.1) is 6.92 Å². The fraction of sp³-hybridized carbons (Fsp3) is 0.154. The number of aromatic nitrogens is 3. The molecule has 9 heteroatoms. The number of fused-ring (bicyclic) bond motifs is 1. The SMILES string of the molecule is CC1=C(C(=O)Nc2ccccc2)[C@@H](c2ccc(Cl)cc2)n2c(sc(=Cc3cnn(C)c3C)c2=O)=N1. The molecule has 1 aliphatic rings. The number of amides is 1. The summed E-state index contributed by atoms with van der Waals surface area (Å²) in [6.07, 6.45) is 3.56. The Morgan fingerprint density at radius 3 is 2.49 bits per heavy atom. The second-order valence-electron chi connectivity index (χ2n) is 8.26. The summed E-state index contributed by atoms with van der Waals surface area (Å²) < 4.78 is 3.88.